The third-order valence-electron chi connectivity index (χ3n) is 5.07. The number of piperazine rings is 1. The van der Waals surface area contributed by atoms with Gasteiger partial charge in [-0.25, -0.2) is 4.39 Å². The molecule has 2 aromatic carbocycles. The van der Waals surface area contributed by atoms with E-state index in [9.17, 15) is 14.0 Å². The van der Waals surface area contributed by atoms with Gasteiger partial charge in [-0.2, -0.15) is 0 Å². The maximum Gasteiger partial charge on any atom is 0.241 e. The van der Waals surface area contributed by atoms with Crippen molar-refractivity contribution in [3.05, 3.63) is 58.9 Å². The summed E-state index contributed by atoms with van der Waals surface area (Å²) in [6, 6.07) is 11.2. The Balaban J connectivity index is 1.56. The van der Waals surface area contributed by atoms with Crippen molar-refractivity contribution in [3.63, 3.8) is 0 Å². The van der Waals surface area contributed by atoms with Crippen molar-refractivity contribution in [1.82, 2.24) is 4.90 Å². The zero-order valence-electron chi connectivity index (χ0n) is 15.9. The van der Waals surface area contributed by atoms with Crippen LogP contribution in [0.1, 0.15) is 24.2 Å². The average molecular weight is 404 g/mol. The lowest BCUT2D eigenvalue weighted by Gasteiger charge is -2.38. The van der Waals surface area contributed by atoms with Gasteiger partial charge in [0, 0.05) is 37.4 Å². The number of ketones is 1. The second-order valence-corrected chi connectivity index (χ2v) is 7.32. The molecule has 0 aliphatic carbocycles. The predicted octanol–water partition coefficient (Wildman–Crippen LogP) is 3.83. The molecule has 148 valence electrons. The van der Waals surface area contributed by atoms with Crippen LogP contribution in [0, 0.1) is 5.82 Å². The van der Waals surface area contributed by atoms with Crippen LogP contribution < -0.4 is 10.2 Å². The fourth-order valence-corrected chi connectivity index (χ4v) is 3.48. The molecule has 0 unspecified atom stereocenters. The van der Waals surface area contributed by atoms with E-state index in [2.05, 4.69) is 15.1 Å². The lowest BCUT2D eigenvalue weighted by atomic mass is 10.1. The number of nitrogens with zero attached hydrogens (tertiary/aromatic N) is 2. The van der Waals surface area contributed by atoms with Crippen LogP contribution in [0.4, 0.5) is 15.8 Å². The normalized spacial score (nSPS) is 15.9. The highest BCUT2D eigenvalue weighted by Crippen LogP contribution is 2.23. The van der Waals surface area contributed by atoms with Crippen molar-refractivity contribution < 1.29 is 14.0 Å². The van der Waals surface area contributed by atoms with Gasteiger partial charge in [-0.05, 0) is 56.3 Å². The number of anilines is 2. The number of carbonyl (C=O) groups is 2. The van der Waals surface area contributed by atoms with E-state index in [-0.39, 0.29) is 22.8 Å². The van der Waals surface area contributed by atoms with Crippen LogP contribution in [-0.4, -0.2) is 48.8 Å². The maximum absolute atomic E-state index is 13.1. The van der Waals surface area contributed by atoms with E-state index >= 15 is 0 Å². The average Bonchev–Trinajstić information content (AvgIpc) is 2.69. The molecular formula is C21H23ClFN3O2. The molecule has 1 fully saturated rings. The molecule has 2 aromatic rings. The Morgan fingerprint density at radius 3 is 2.29 bits per heavy atom. The van der Waals surface area contributed by atoms with Gasteiger partial charge < -0.3 is 10.2 Å². The number of carbonyl (C=O) groups excluding carboxylic acids is 2. The zero-order chi connectivity index (χ0) is 20.3. The molecule has 3 rings (SSSR count). The lowest BCUT2D eigenvalue weighted by Crippen LogP contribution is -2.52. The van der Waals surface area contributed by atoms with Crippen molar-refractivity contribution in [2.75, 3.05) is 36.4 Å². The van der Waals surface area contributed by atoms with Gasteiger partial charge in [-0.3, -0.25) is 14.5 Å². The van der Waals surface area contributed by atoms with Crippen molar-refractivity contribution in [2.45, 2.75) is 19.9 Å². The second-order valence-electron chi connectivity index (χ2n) is 6.92. The van der Waals surface area contributed by atoms with Crippen LogP contribution in [0.2, 0.25) is 5.02 Å². The highest BCUT2D eigenvalue weighted by Gasteiger charge is 2.26. The topological polar surface area (TPSA) is 52.7 Å². The first-order valence-electron chi connectivity index (χ1n) is 9.21. The highest BCUT2D eigenvalue weighted by atomic mass is 35.5. The summed E-state index contributed by atoms with van der Waals surface area (Å²) in [7, 11) is 0. The molecule has 1 saturated heterocycles. The van der Waals surface area contributed by atoms with E-state index in [0.717, 1.165) is 31.9 Å². The summed E-state index contributed by atoms with van der Waals surface area (Å²) in [5, 5.41) is 2.95. The molecule has 1 amide bonds. The summed E-state index contributed by atoms with van der Waals surface area (Å²) < 4.78 is 13.1. The van der Waals surface area contributed by atoms with E-state index in [0.29, 0.717) is 11.3 Å². The van der Waals surface area contributed by atoms with Crippen molar-refractivity contribution in [3.8, 4) is 0 Å². The van der Waals surface area contributed by atoms with Gasteiger partial charge in [0.05, 0.1) is 16.8 Å². The molecule has 7 heteroatoms. The molecule has 1 heterocycles. The molecule has 0 bridgehead atoms. The number of Topliss-reactive ketones (excluding diaryl/α,β-unsaturated/α-hetero) is 1. The summed E-state index contributed by atoms with van der Waals surface area (Å²) in [4.78, 5) is 28.3. The fourth-order valence-electron chi connectivity index (χ4n) is 3.27. The van der Waals surface area contributed by atoms with E-state index < -0.39 is 5.82 Å². The molecule has 1 atom stereocenters. The summed E-state index contributed by atoms with van der Waals surface area (Å²) in [6.07, 6.45) is 0. The Hall–Kier alpha value is -2.44. The number of rotatable bonds is 5. The van der Waals surface area contributed by atoms with Crippen LogP contribution >= 0.6 is 11.6 Å². The quantitative estimate of drug-likeness (QED) is 0.771. The minimum absolute atomic E-state index is 0.0532. The van der Waals surface area contributed by atoms with Gasteiger partial charge in [0.1, 0.15) is 5.82 Å². The summed E-state index contributed by atoms with van der Waals surface area (Å²) >= 11 is 5.99. The fraction of sp³-hybridized carbons (Fsp3) is 0.333. The van der Waals surface area contributed by atoms with Crippen LogP contribution in [0.25, 0.3) is 0 Å². The molecule has 1 aliphatic rings. The SMILES string of the molecule is CC(=O)c1ccc(N2CCN([C@H](C)C(=O)Nc3ccc(F)cc3Cl)CC2)cc1. The standard InChI is InChI=1S/C21H23ClFN3O2/c1-14(21(28)24-20-8-5-17(23)13-19(20)22)25-9-11-26(12-10-25)18-6-3-16(4-7-18)15(2)27/h3-8,13-14H,9-12H2,1-2H3,(H,24,28)/t14-/m1/s1. The van der Waals surface area contributed by atoms with Crippen LogP contribution in [0.3, 0.4) is 0 Å². The Labute approximate surface area is 169 Å². The van der Waals surface area contributed by atoms with Crippen molar-refractivity contribution in [1.29, 1.82) is 0 Å². The van der Waals surface area contributed by atoms with Crippen LogP contribution in [-0.2, 0) is 4.79 Å². The Bertz CT molecular complexity index is 864. The van der Waals surface area contributed by atoms with Crippen LogP contribution in [0.15, 0.2) is 42.5 Å². The summed E-state index contributed by atoms with van der Waals surface area (Å²) in [5.74, 6) is -0.561. The summed E-state index contributed by atoms with van der Waals surface area (Å²) in [5.41, 5.74) is 2.18. The third-order valence-corrected chi connectivity index (χ3v) is 5.38. The van der Waals surface area contributed by atoms with E-state index in [4.69, 9.17) is 11.6 Å². The number of hydrogen-bond acceptors (Lipinski definition) is 4. The second kappa shape index (κ2) is 8.71. The molecular weight excluding hydrogens is 381 g/mol. The first-order valence-corrected chi connectivity index (χ1v) is 9.59. The molecule has 0 aromatic heterocycles. The first-order chi connectivity index (χ1) is 13.3. The molecule has 5 nitrogen and oxygen atoms in total. The molecule has 1 aliphatic heterocycles. The van der Waals surface area contributed by atoms with E-state index in [1.165, 1.54) is 18.2 Å². The monoisotopic (exact) mass is 403 g/mol. The predicted molar refractivity (Wildman–Crippen MR) is 110 cm³/mol. The number of amides is 1. The molecule has 1 N–H and O–H groups in total. The van der Waals surface area contributed by atoms with Crippen molar-refractivity contribution >= 4 is 34.7 Å². The number of benzene rings is 2. The van der Waals surface area contributed by atoms with Gasteiger partial charge in [0.15, 0.2) is 5.78 Å². The Morgan fingerprint density at radius 1 is 1.07 bits per heavy atom. The molecule has 28 heavy (non-hydrogen) atoms. The van der Waals surface area contributed by atoms with E-state index in [1.54, 1.807) is 6.92 Å². The lowest BCUT2D eigenvalue weighted by molar-refractivity contribution is -0.120. The maximum atomic E-state index is 13.1. The van der Waals surface area contributed by atoms with Crippen molar-refractivity contribution in [2.24, 2.45) is 0 Å². The van der Waals surface area contributed by atoms with E-state index in [1.807, 2.05) is 31.2 Å². The zero-order valence-corrected chi connectivity index (χ0v) is 16.7. The van der Waals surface area contributed by atoms with Gasteiger partial charge in [0.25, 0.3) is 0 Å². The minimum atomic E-state index is -0.441. The van der Waals surface area contributed by atoms with Gasteiger partial charge >= 0.3 is 0 Å². The number of halogens is 2. The van der Waals surface area contributed by atoms with Gasteiger partial charge in [-0.1, -0.05) is 11.6 Å². The molecule has 0 spiro atoms. The number of hydrogen-bond donors (Lipinski definition) is 1. The van der Waals surface area contributed by atoms with Crippen LogP contribution in [0.5, 0.6) is 0 Å². The smallest absolute Gasteiger partial charge is 0.241 e. The minimum Gasteiger partial charge on any atom is -0.369 e. The largest absolute Gasteiger partial charge is 0.369 e. The van der Waals surface area contributed by atoms with Gasteiger partial charge in [0.2, 0.25) is 5.91 Å². The molecule has 0 saturated carbocycles. The molecule has 0 radical (unpaired) electrons. The van der Waals surface area contributed by atoms with Gasteiger partial charge in [-0.15, -0.1) is 0 Å². The Morgan fingerprint density at radius 2 is 1.71 bits per heavy atom. The number of nitrogens with one attached hydrogen (secondary N) is 1. The first kappa shape index (κ1) is 20.3. The highest BCUT2D eigenvalue weighted by molar-refractivity contribution is 6.33. The third kappa shape index (κ3) is 4.69. The Kier molecular flexibility index (Phi) is 6.31. The summed E-state index contributed by atoms with van der Waals surface area (Å²) in [6.45, 7) is 6.45.